The van der Waals surface area contributed by atoms with Gasteiger partial charge in [-0.25, -0.2) is 4.39 Å². The fraction of sp³-hybridized carbons (Fsp3) is 0.278. The maximum absolute atomic E-state index is 12.8. The van der Waals surface area contributed by atoms with E-state index in [1.54, 1.807) is 12.1 Å². The zero-order chi connectivity index (χ0) is 16.8. The molecule has 0 atom stereocenters. The lowest BCUT2D eigenvalue weighted by molar-refractivity contribution is -0.119. The Morgan fingerprint density at radius 2 is 1.79 bits per heavy atom. The molecule has 0 radical (unpaired) electrons. The van der Waals surface area contributed by atoms with Gasteiger partial charge in [0, 0.05) is 18.3 Å². The van der Waals surface area contributed by atoms with Crippen molar-refractivity contribution in [2.24, 2.45) is 0 Å². The van der Waals surface area contributed by atoms with E-state index in [0.717, 1.165) is 17.0 Å². The van der Waals surface area contributed by atoms with Gasteiger partial charge < -0.3 is 20.1 Å². The van der Waals surface area contributed by atoms with Crippen molar-refractivity contribution in [1.29, 1.82) is 0 Å². The van der Waals surface area contributed by atoms with E-state index in [2.05, 4.69) is 10.6 Å². The molecule has 0 fully saturated rings. The highest BCUT2D eigenvalue weighted by atomic mass is 19.1. The Kier molecular flexibility index (Phi) is 5.15. The summed E-state index contributed by atoms with van der Waals surface area (Å²) in [6.07, 6.45) is 0.663. The van der Waals surface area contributed by atoms with Gasteiger partial charge in [-0.05, 0) is 36.2 Å². The molecule has 3 rings (SSSR count). The first kappa shape index (κ1) is 16.1. The zero-order valence-electron chi connectivity index (χ0n) is 13.2. The van der Waals surface area contributed by atoms with E-state index in [4.69, 9.17) is 9.47 Å². The fourth-order valence-corrected chi connectivity index (χ4v) is 2.40. The summed E-state index contributed by atoms with van der Waals surface area (Å²) in [5.74, 6) is 1.04. The molecule has 2 aromatic carbocycles. The highest BCUT2D eigenvalue weighted by molar-refractivity contribution is 5.80. The summed E-state index contributed by atoms with van der Waals surface area (Å²) >= 11 is 0. The Labute approximate surface area is 139 Å². The van der Waals surface area contributed by atoms with E-state index >= 15 is 0 Å². The maximum Gasteiger partial charge on any atom is 0.239 e. The fourth-order valence-electron chi connectivity index (χ4n) is 2.40. The number of benzene rings is 2. The van der Waals surface area contributed by atoms with Crippen molar-refractivity contribution in [3.63, 3.8) is 0 Å². The minimum absolute atomic E-state index is 0.105. The second-order valence-corrected chi connectivity index (χ2v) is 5.44. The van der Waals surface area contributed by atoms with Crippen LogP contribution in [0.5, 0.6) is 11.5 Å². The van der Waals surface area contributed by atoms with E-state index in [1.165, 1.54) is 12.1 Å². The molecule has 5 nitrogen and oxygen atoms in total. The molecule has 0 aliphatic carbocycles. The van der Waals surface area contributed by atoms with Crippen LogP contribution in [0.15, 0.2) is 42.5 Å². The summed E-state index contributed by atoms with van der Waals surface area (Å²) in [4.78, 5) is 11.9. The van der Waals surface area contributed by atoms with Crippen molar-refractivity contribution in [3.8, 4) is 11.5 Å². The average molecular weight is 330 g/mol. The zero-order valence-corrected chi connectivity index (χ0v) is 13.2. The Balaban J connectivity index is 1.41. The number of fused-ring (bicyclic) bond motifs is 1. The minimum atomic E-state index is -0.258. The molecule has 0 saturated heterocycles. The van der Waals surface area contributed by atoms with Gasteiger partial charge in [-0.3, -0.25) is 4.79 Å². The van der Waals surface area contributed by atoms with Crippen LogP contribution < -0.4 is 20.1 Å². The van der Waals surface area contributed by atoms with Gasteiger partial charge in [0.15, 0.2) is 11.5 Å². The molecule has 1 amide bonds. The highest BCUT2D eigenvalue weighted by Crippen LogP contribution is 2.32. The topological polar surface area (TPSA) is 59.6 Å². The number of hydrogen-bond acceptors (Lipinski definition) is 4. The highest BCUT2D eigenvalue weighted by Gasteiger charge is 2.11. The smallest absolute Gasteiger partial charge is 0.239 e. The molecule has 2 N–H and O–H groups in total. The molecular weight excluding hydrogens is 311 g/mol. The molecule has 1 aliphatic heterocycles. The predicted molar refractivity (Wildman–Crippen MR) is 89.0 cm³/mol. The van der Waals surface area contributed by atoms with Crippen molar-refractivity contribution >= 4 is 11.6 Å². The van der Waals surface area contributed by atoms with Crippen LogP contribution in [0.1, 0.15) is 5.56 Å². The number of nitrogens with one attached hydrogen (secondary N) is 2. The van der Waals surface area contributed by atoms with Gasteiger partial charge in [0.1, 0.15) is 19.0 Å². The normalized spacial score (nSPS) is 12.5. The van der Waals surface area contributed by atoms with Crippen LogP contribution in [0.3, 0.4) is 0 Å². The number of carbonyl (C=O) groups is 1. The third kappa shape index (κ3) is 4.38. The van der Waals surface area contributed by atoms with Gasteiger partial charge >= 0.3 is 0 Å². The Bertz CT molecular complexity index is 704. The van der Waals surface area contributed by atoms with Crippen molar-refractivity contribution in [1.82, 2.24) is 5.32 Å². The predicted octanol–water partition coefficient (Wildman–Crippen LogP) is 2.37. The van der Waals surface area contributed by atoms with E-state index < -0.39 is 0 Å². The van der Waals surface area contributed by atoms with Gasteiger partial charge in [0.2, 0.25) is 5.91 Å². The number of carbonyl (C=O) groups excluding carboxylic acids is 1. The molecule has 0 unspecified atom stereocenters. The first-order chi connectivity index (χ1) is 11.7. The summed E-state index contributed by atoms with van der Waals surface area (Å²) < 4.78 is 23.8. The SMILES string of the molecule is O=C(CNc1ccc2c(c1)OCCO2)NCCc1ccc(F)cc1. The molecule has 0 aromatic heterocycles. The van der Waals surface area contributed by atoms with Crippen LogP contribution in [0.4, 0.5) is 10.1 Å². The molecule has 0 saturated carbocycles. The lowest BCUT2D eigenvalue weighted by Crippen LogP contribution is -2.31. The van der Waals surface area contributed by atoms with Gasteiger partial charge in [0.05, 0.1) is 6.54 Å². The summed E-state index contributed by atoms with van der Waals surface area (Å²) in [5.41, 5.74) is 1.78. The van der Waals surface area contributed by atoms with Crippen LogP contribution in [-0.2, 0) is 11.2 Å². The van der Waals surface area contributed by atoms with E-state index in [1.807, 2.05) is 18.2 Å². The van der Waals surface area contributed by atoms with Crippen molar-refractivity contribution < 1.29 is 18.7 Å². The van der Waals surface area contributed by atoms with Crippen LogP contribution in [0.25, 0.3) is 0 Å². The van der Waals surface area contributed by atoms with Gasteiger partial charge in [0.25, 0.3) is 0 Å². The number of halogens is 1. The maximum atomic E-state index is 12.8. The molecule has 1 heterocycles. The van der Waals surface area contributed by atoms with Crippen LogP contribution in [0.2, 0.25) is 0 Å². The lowest BCUT2D eigenvalue weighted by atomic mass is 10.1. The number of amides is 1. The quantitative estimate of drug-likeness (QED) is 0.854. The summed E-state index contributed by atoms with van der Waals surface area (Å²) in [7, 11) is 0. The first-order valence-corrected chi connectivity index (χ1v) is 7.85. The summed E-state index contributed by atoms with van der Waals surface area (Å²) in [6, 6.07) is 11.8. The Hall–Kier alpha value is -2.76. The van der Waals surface area contributed by atoms with Gasteiger partial charge in [-0.15, -0.1) is 0 Å². The molecule has 6 heteroatoms. The third-order valence-electron chi connectivity index (χ3n) is 3.64. The first-order valence-electron chi connectivity index (χ1n) is 7.85. The molecule has 126 valence electrons. The van der Waals surface area contributed by atoms with Gasteiger partial charge in [-0.1, -0.05) is 12.1 Å². The molecule has 1 aliphatic rings. The van der Waals surface area contributed by atoms with Crippen LogP contribution in [0, 0.1) is 5.82 Å². The monoisotopic (exact) mass is 330 g/mol. The number of anilines is 1. The van der Waals surface area contributed by atoms with E-state index in [-0.39, 0.29) is 18.3 Å². The Morgan fingerprint density at radius 1 is 1.04 bits per heavy atom. The lowest BCUT2D eigenvalue weighted by Gasteiger charge is -2.19. The number of rotatable bonds is 6. The van der Waals surface area contributed by atoms with Crippen LogP contribution in [-0.4, -0.2) is 32.2 Å². The minimum Gasteiger partial charge on any atom is -0.486 e. The molecule has 2 aromatic rings. The summed E-state index contributed by atoms with van der Waals surface area (Å²) in [5, 5.41) is 5.88. The molecule has 24 heavy (non-hydrogen) atoms. The largest absolute Gasteiger partial charge is 0.486 e. The third-order valence-corrected chi connectivity index (χ3v) is 3.64. The van der Waals surface area contributed by atoms with Crippen molar-refractivity contribution in [2.75, 3.05) is 31.6 Å². The number of hydrogen-bond donors (Lipinski definition) is 2. The molecule has 0 spiro atoms. The van der Waals surface area contributed by atoms with Gasteiger partial charge in [-0.2, -0.15) is 0 Å². The molecule has 0 bridgehead atoms. The standard InChI is InChI=1S/C18H19FN2O3/c19-14-3-1-13(2-4-14)7-8-20-18(22)12-21-15-5-6-16-17(11-15)24-10-9-23-16/h1-6,11,21H,7-10,12H2,(H,20,22). The second kappa shape index (κ2) is 7.68. The van der Waals surface area contributed by atoms with Crippen molar-refractivity contribution in [2.45, 2.75) is 6.42 Å². The van der Waals surface area contributed by atoms with E-state index in [9.17, 15) is 9.18 Å². The van der Waals surface area contributed by atoms with Crippen molar-refractivity contribution in [3.05, 3.63) is 53.8 Å². The van der Waals surface area contributed by atoms with Crippen LogP contribution >= 0.6 is 0 Å². The summed E-state index contributed by atoms with van der Waals surface area (Å²) in [6.45, 7) is 1.76. The number of ether oxygens (including phenoxy) is 2. The average Bonchev–Trinajstić information content (AvgIpc) is 2.61. The second-order valence-electron chi connectivity index (χ2n) is 5.44. The van der Waals surface area contributed by atoms with E-state index in [0.29, 0.717) is 31.9 Å². The molecular formula is C18H19FN2O3. The Morgan fingerprint density at radius 3 is 2.58 bits per heavy atom.